The van der Waals surface area contributed by atoms with Crippen molar-refractivity contribution in [3.63, 3.8) is 0 Å². The number of unbranched alkanes of at least 4 members (excludes halogenated alkanes) is 2. The SMILES string of the molecule is CCCCC(CCCC)(CC(C)Cl)C(N)=O. The molecule has 0 bridgehead atoms. The molecule has 0 aromatic heterocycles. The zero-order valence-electron chi connectivity index (χ0n) is 10.9. The van der Waals surface area contributed by atoms with Crippen molar-refractivity contribution in [3.05, 3.63) is 0 Å². The molecule has 2 N–H and O–H groups in total. The molecule has 1 atom stereocenters. The molecule has 0 aliphatic heterocycles. The van der Waals surface area contributed by atoms with Crippen LogP contribution in [0.2, 0.25) is 0 Å². The Morgan fingerprint density at radius 3 is 1.94 bits per heavy atom. The number of carbonyl (C=O) groups excluding carboxylic acids is 1. The predicted molar refractivity (Wildman–Crippen MR) is 70.6 cm³/mol. The van der Waals surface area contributed by atoms with Gasteiger partial charge in [-0.1, -0.05) is 39.5 Å². The van der Waals surface area contributed by atoms with Crippen molar-refractivity contribution in [3.8, 4) is 0 Å². The van der Waals surface area contributed by atoms with Gasteiger partial charge in [0.15, 0.2) is 0 Å². The predicted octanol–water partition coefficient (Wildman–Crippen LogP) is 3.86. The molecule has 16 heavy (non-hydrogen) atoms. The lowest BCUT2D eigenvalue weighted by Gasteiger charge is -2.31. The van der Waals surface area contributed by atoms with E-state index >= 15 is 0 Å². The highest BCUT2D eigenvalue weighted by atomic mass is 35.5. The summed E-state index contributed by atoms with van der Waals surface area (Å²) in [5.74, 6) is -0.165. The summed E-state index contributed by atoms with van der Waals surface area (Å²) in [4.78, 5) is 11.7. The van der Waals surface area contributed by atoms with Gasteiger partial charge in [0, 0.05) is 5.38 Å². The van der Waals surface area contributed by atoms with Gasteiger partial charge < -0.3 is 5.73 Å². The first kappa shape index (κ1) is 15.8. The van der Waals surface area contributed by atoms with Crippen molar-refractivity contribution in [1.29, 1.82) is 0 Å². The average molecular weight is 248 g/mol. The Balaban J connectivity index is 4.66. The molecular formula is C13H26ClNO. The normalized spacial score (nSPS) is 13.8. The molecular weight excluding hydrogens is 222 g/mol. The summed E-state index contributed by atoms with van der Waals surface area (Å²) in [7, 11) is 0. The van der Waals surface area contributed by atoms with Crippen molar-refractivity contribution in [1.82, 2.24) is 0 Å². The second-order valence-electron chi connectivity index (χ2n) is 4.84. The fourth-order valence-corrected chi connectivity index (χ4v) is 2.54. The van der Waals surface area contributed by atoms with Crippen molar-refractivity contribution in [2.75, 3.05) is 0 Å². The average Bonchev–Trinajstić information content (AvgIpc) is 2.21. The van der Waals surface area contributed by atoms with Gasteiger partial charge in [0.2, 0.25) is 5.91 Å². The van der Waals surface area contributed by atoms with E-state index in [4.69, 9.17) is 17.3 Å². The Morgan fingerprint density at radius 1 is 1.25 bits per heavy atom. The third kappa shape index (κ3) is 5.20. The Labute approximate surface area is 105 Å². The number of hydrogen-bond donors (Lipinski definition) is 1. The molecule has 0 aromatic carbocycles. The maximum Gasteiger partial charge on any atom is 0.223 e. The van der Waals surface area contributed by atoms with Crippen LogP contribution in [0.25, 0.3) is 0 Å². The van der Waals surface area contributed by atoms with Crippen molar-refractivity contribution < 1.29 is 4.79 Å². The highest BCUT2D eigenvalue weighted by Crippen LogP contribution is 2.37. The van der Waals surface area contributed by atoms with E-state index in [2.05, 4.69) is 13.8 Å². The molecule has 1 amide bonds. The summed E-state index contributed by atoms with van der Waals surface area (Å²) in [6.07, 6.45) is 6.78. The third-order valence-electron chi connectivity index (χ3n) is 3.21. The largest absolute Gasteiger partial charge is 0.369 e. The molecule has 0 saturated carbocycles. The minimum Gasteiger partial charge on any atom is -0.369 e. The number of alkyl halides is 1. The van der Waals surface area contributed by atoms with Crippen LogP contribution in [0.5, 0.6) is 0 Å². The number of hydrogen-bond acceptors (Lipinski definition) is 1. The number of carbonyl (C=O) groups is 1. The molecule has 0 rings (SSSR count). The van der Waals surface area contributed by atoms with Crippen LogP contribution in [0.1, 0.15) is 65.7 Å². The van der Waals surface area contributed by atoms with Gasteiger partial charge in [-0.3, -0.25) is 4.79 Å². The van der Waals surface area contributed by atoms with Crippen LogP contribution in [-0.4, -0.2) is 11.3 Å². The smallest absolute Gasteiger partial charge is 0.223 e. The number of primary amides is 1. The second kappa shape index (κ2) is 7.94. The molecule has 96 valence electrons. The Morgan fingerprint density at radius 2 is 1.69 bits per heavy atom. The molecule has 0 aliphatic carbocycles. The van der Waals surface area contributed by atoms with Gasteiger partial charge in [0.05, 0.1) is 5.41 Å². The highest BCUT2D eigenvalue weighted by Gasteiger charge is 2.36. The van der Waals surface area contributed by atoms with E-state index in [-0.39, 0.29) is 16.7 Å². The number of halogens is 1. The van der Waals surface area contributed by atoms with Crippen LogP contribution < -0.4 is 5.73 Å². The van der Waals surface area contributed by atoms with Crippen molar-refractivity contribution >= 4 is 17.5 Å². The summed E-state index contributed by atoms with van der Waals surface area (Å²) in [6.45, 7) is 6.21. The van der Waals surface area contributed by atoms with Gasteiger partial charge >= 0.3 is 0 Å². The Kier molecular flexibility index (Phi) is 7.82. The maximum absolute atomic E-state index is 11.7. The lowest BCUT2D eigenvalue weighted by Crippen LogP contribution is -2.39. The van der Waals surface area contributed by atoms with Crippen LogP contribution in [0.15, 0.2) is 0 Å². The van der Waals surface area contributed by atoms with Gasteiger partial charge in [-0.25, -0.2) is 0 Å². The monoisotopic (exact) mass is 247 g/mol. The van der Waals surface area contributed by atoms with E-state index in [1.807, 2.05) is 6.92 Å². The lowest BCUT2D eigenvalue weighted by atomic mass is 9.74. The zero-order chi connectivity index (χ0) is 12.6. The van der Waals surface area contributed by atoms with Crippen LogP contribution in [0.3, 0.4) is 0 Å². The molecule has 3 heteroatoms. The number of nitrogens with two attached hydrogens (primary N) is 1. The molecule has 0 radical (unpaired) electrons. The molecule has 0 aliphatic rings. The summed E-state index contributed by atoms with van der Waals surface area (Å²) >= 11 is 6.06. The summed E-state index contributed by atoms with van der Waals surface area (Å²) in [5.41, 5.74) is 5.24. The summed E-state index contributed by atoms with van der Waals surface area (Å²) < 4.78 is 0. The minimum atomic E-state index is -0.368. The van der Waals surface area contributed by atoms with E-state index in [9.17, 15) is 4.79 Å². The standard InChI is InChI=1S/C13H26ClNO/c1-4-6-8-13(12(15)16,9-7-5-2)10-11(3)14/h11H,4-10H2,1-3H3,(H2,15,16). The fraction of sp³-hybridized carbons (Fsp3) is 0.923. The first-order chi connectivity index (χ1) is 7.48. The van der Waals surface area contributed by atoms with Gasteiger partial charge in [-0.15, -0.1) is 11.6 Å². The Bertz CT molecular complexity index is 196. The van der Waals surface area contributed by atoms with Gasteiger partial charge in [-0.05, 0) is 26.2 Å². The summed E-state index contributed by atoms with van der Waals surface area (Å²) in [6, 6.07) is 0. The minimum absolute atomic E-state index is 0.0150. The number of rotatable bonds is 9. The van der Waals surface area contributed by atoms with Gasteiger partial charge in [-0.2, -0.15) is 0 Å². The molecule has 0 heterocycles. The molecule has 1 unspecified atom stereocenters. The van der Waals surface area contributed by atoms with Gasteiger partial charge in [0.25, 0.3) is 0 Å². The first-order valence-corrected chi connectivity index (χ1v) is 6.86. The molecule has 0 aromatic rings. The van der Waals surface area contributed by atoms with E-state index in [1.165, 1.54) is 0 Å². The van der Waals surface area contributed by atoms with Crippen molar-refractivity contribution in [2.24, 2.45) is 11.1 Å². The van der Waals surface area contributed by atoms with Crippen LogP contribution in [0, 0.1) is 5.41 Å². The third-order valence-corrected chi connectivity index (χ3v) is 3.37. The molecule has 0 spiro atoms. The van der Waals surface area contributed by atoms with Crippen LogP contribution in [0.4, 0.5) is 0 Å². The van der Waals surface area contributed by atoms with E-state index in [0.29, 0.717) is 6.42 Å². The highest BCUT2D eigenvalue weighted by molar-refractivity contribution is 6.20. The molecule has 0 fully saturated rings. The van der Waals surface area contributed by atoms with Crippen LogP contribution in [-0.2, 0) is 4.79 Å². The molecule has 2 nitrogen and oxygen atoms in total. The number of amides is 1. The maximum atomic E-state index is 11.7. The zero-order valence-corrected chi connectivity index (χ0v) is 11.6. The first-order valence-electron chi connectivity index (χ1n) is 6.42. The van der Waals surface area contributed by atoms with E-state index < -0.39 is 0 Å². The summed E-state index contributed by atoms with van der Waals surface area (Å²) in [5, 5.41) is 0.0150. The van der Waals surface area contributed by atoms with E-state index in [0.717, 1.165) is 38.5 Å². The quantitative estimate of drug-likeness (QED) is 0.618. The van der Waals surface area contributed by atoms with E-state index in [1.54, 1.807) is 0 Å². The Hall–Kier alpha value is -0.240. The topological polar surface area (TPSA) is 43.1 Å². The molecule has 0 saturated heterocycles. The van der Waals surface area contributed by atoms with Crippen LogP contribution >= 0.6 is 11.6 Å². The fourth-order valence-electron chi connectivity index (χ4n) is 2.24. The second-order valence-corrected chi connectivity index (χ2v) is 5.58. The van der Waals surface area contributed by atoms with Gasteiger partial charge in [0.1, 0.15) is 0 Å². The van der Waals surface area contributed by atoms with Crippen molar-refractivity contribution in [2.45, 2.75) is 71.1 Å². The lowest BCUT2D eigenvalue weighted by molar-refractivity contribution is -0.129.